The van der Waals surface area contributed by atoms with Crippen molar-refractivity contribution in [1.82, 2.24) is 20.4 Å². The van der Waals surface area contributed by atoms with E-state index in [0.29, 0.717) is 18.5 Å². The largest absolute Gasteiger partial charge is 0.354 e. The van der Waals surface area contributed by atoms with Crippen molar-refractivity contribution < 1.29 is 4.79 Å². The zero-order valence-corrected chi connectivity index (χ0v) is 17.7. The summed E-state index contributed by atoms with van der Waals surface area (Å²) in [7, 11) is 3.49. The Hall–Kier alpha value is -0.830. The highest BCUT2D eigenvalue weighted by molar-refractivity contribution is 14.0. The van der Waals surface area contributed by atoms with E-state index in [4.69, 9.17) is 0 Å². The SMILES string of the molecule is C=CCNC(=NCC(=O)N(C)C)NC1CCN(CCCC)CC1.I. The highest BCUT2D eigenvalue weighted by Gasteiger charge is 2.19. The first kappa shape index (κ1) is 23.2. The molecule has 24 heavy (non-hydrogen) atoms. The molecule has 1 aliphatic rings. The van der Waals surface area contributed by atoms with Crippen molar-refractivity contribution >= 4 is 35.8 Å². The van der Waals surface area contributed by atoms with Gasteiger partial charge < -0.3 is 20.4 Å². The average Bonchev–Trinajstić information content (AvgIpc) is 2.56. The third-order valence-electron chi connectivity index (χ3n) is 4.04. The van der Waals surface area contributed by atoms with Crippen LogP contribution in [0.25, 0.3) is 0 Å². The second kappa shape index (κ2) is 13.5. The van der Waals surface area contributed by atoms with Gasteiger partial charge in [-0.05, 0) is 25.8 Å². The molecule has 1 rings (SSSR count). The lowest BCUT2D eigenvalue weighted by molar-refractivity contribution is -0.127. The number of hydrogen-bond acceptors (Lipinski definition) is 3. The first-order chi connectivity index (χ1) is 11.1. The van der Waals surface area contributed by atoms with Crippen LogP contribution in [0, 0.1) is 0 Å². The zero-order valence-electron chi connectivity index (χ0n) is 15.4. The fourth-order valence-corrected chi connectivity index (χ4v) is 2.49. The molecule has 0 spiro atoms. The summed E-state index contributed by atoms with van der Waals surface area (Å²) in [6.07, 6.45) is 6.54. The topological polar surface area (TPSA) is 60.0 Å². The lowest BCUT2D eigenvalue weighted by Crippen LogP contribution is -2.49. The molecule has 1 fully saturated rings. The molecule has 2 N–H and O–H groups in total. The Labute approximate surface area is 164 Å². The van der Waals surface area contributed by atoms with Gasteiger partial charge in [-0.2, -0.15) is 0 Å². The van der Waals surface area contributed by atoms with Crippen molar-refractivity contribution in [3.63, 3.8) is 0 Å². The quantitative estimate of drug-likeness (QED) is 0.255. The normalized spacial score (nSPS) is 16.2. The van der Waals surface area contributed by atoms with Crippen LogP contribution in [0.5, 0.6) is 0 Å². The average molecular weight is 451 g/mol. The molecular weight excluding hydrogens is 417 g/mol. The summed E-state index contributed by atoms with van der Waals surface area (Å²) in [4.78, 5) is 20.2. The molecule has 0 bridgehead atoms. The molecule has 1 amide bonds. The minimum atomic E-state index is -0.000844. The Balaban J connectivity index is 0.00000529. The number of rotatable bonds is 8. The van der Waals surface area contributed by atoms with E-state index in [1.165, 1.54) is 19.4 Å². The summed E-state index contributed by atoms with van der Waals surface area (Å²) >= 11 is 0. The van der Waals surface area contributed by atoms with Crippen LogP contribution in [0.4, 0.5) is 0 Å². The van der Waals surface area contributed by atoms with E-state index in [-0.39, 0.29) is 36.4 Å². The van der Waals surface area contributed by atoms with Gasteiger partial charge in [0, 0.05) is 39.8 Å². The molecule has 7 heteroatoms. The number of halogens is 1. The molecule has 0 aromatic carbocycles. The zero-order chi connectivity index (χ0) is 17.1. The number of likely N-dealkylation sites (tertiary alicyclic amines) is 1. The Morgan fingerprint density at radius 3 is 2.58 bits per heavy atom. The predicted octanol–water partition coefficient (Wildman–Crippen LogP) is 1.68. The van der Waals surface area contributed by atoms with Crippen molar-refractivity contribution in [3.05, 3.63) is 12.7 Å². The van der Waals surface area contributed by atoms with Gasteiger partial charge in [-0.1, -0.05) is 19.4 Å². The summed E-state index contributed by atoms with van der Waals surface area (Å²) in [6, 6.07) is 0.415. The number of nitrogens with zero attached hydrogens (tertiary/aromatic N) is 3. The molecule has 1 heterocycles. The number of likely N-dealkylation sites (N-methyl/N-ethyl adjacent to an activating group) is 1. The summed E-state index contributed by atoms with van der Waals surface area (Å²) in [5.74, 6) is 0.700. The number of carbonyl (C=O) groups is 1. The Morgan fingerprint density at radius 2 is 2.04 bits per heavy atom. The van der Waals surface area contributed by atoms with Crippen LogP contribution < -0.4 is 10.6 Å². The maximum Gasteiger partial charge on any atom is 0.243 e. The van der Waals surface area contributed by atoms with Gasteiger partial charge >= 0.3 is 0 Å². The van der Waals surface area contributed by atoms with Crippen molar-refractivity contribution in [3.8, 4) is 0 Å². The molecular formula is C17H34IN5O. The van der Waals surface area contributed by atoms with Gasteiger partial charge in [0.2, 0.25) is 5.91 Å². The van der Waals surface area contributed by atoms with Crippen LogP contribution >= 0.6 is 24.0 Å². The van der Waals surface area contributed by atoms with Gasteiger partial charge in [0.05, 0.1) is 0 Å². The maximum atomic E-state index is 11.7. The van der Waals surface area contributed by atoms with Gasteiger partial charge in [-0.15, -0.1) is 30.6 Å². The summed E-state index contributed by atoms with van der Waals surface area (Å²) in [5.41, 5.74) is 0. The van der Waals surface area contributed by atoms with Gasteiger partial charge in [0.25, 0.3) is 0 Å². The summed E-state index contributed by atoms with van der Waals surface area (Å²) in [5, 5.41) is 6.65. The first-order valence-corrected chi connectivity index (χ1v) is 8.65. The first-order valence-electron chi connectivity index (χ1n) is 8.65. The Kier molecular flexibility index (Phi) is 13.0. The van der Waals surface area contributed by atoms with Crippen LogP contribution in [0.3, 0.4) is 0 Å². The van der Waals surface area contributed by atoms with E-state index in [1.807, 2.05) is 0 Å². The fourth-order valence-electron chi connectivity index (χ4n) is 2.49. The number of guanidine groups is 1. The molecule has 140 valence electrons. The standard InChI is InChI=1S/C17H33N5O.HI/c1-5-7-11-22-12-8-15(9-13-22)20-17(18-10-6-2)19-14-16(23)21(3)4;/h6,15H,2,5,7-14H2,1,3-4H3,(H2,18,19,20);1H. The van der Waals surface area contributed by atoms with E-state index in [9.17, 15) is 4.79 Å². The van der Waals surface area contributed by atoms with Gasteiger partial charge in [-0.3, -0.25) is 4.79 Å². The number of amides is 1. The molecule has 0 aromatic heterocycles. The number of carbonyl (C=O) groups excluding carboxylic acids is 1. The van der Waals surface area contributed by atoms with E-state index in [0.717, 1.165) is 25.9 Å². The molecule has 0 radical (unpaired) electrons. The fraction of sp³-hybridized carbons (Fsp3) is 0.765. The van der Waals surface area contributed by atoms with E-state index in [2.05, 4.69) is 34.0 Å². The minimum absolute atomic E-state index is 0. The van der Waals surface area contributed by atoms with Crippen molar-refractivity contribution in [2.75, 3.05) is 46.8 Å². The lowest BCUT2D eigenvalue weighted by Gasteiger charge is -2.33. The van der Waals surface area contributed by atoms with Crippen molar-refractivity contribution in [2.45, 2.75) is 38.6 Å². The summed E-state index contributed by atoms with van der Waals surface area (Å²) in [6.45, 7) is 10.2. The molecule has 0 unspecified atom stereocenters. The van der Waals surface area contributed by atoms with Crippen molar-refractivity contribution in [2.24, 2.45) is 4.99 Å². The predicted molar refractivity (Wildman–Crippen MR) is 112 cm³/mol. The van der Waals surface area contributed by atoms with Crippen LogP contribution in [-0.2, 0) is 4.79 Å². The number of hydrogen-bond donors (Lipinski definition) is 2. The van der Waals surface area contributed by atoms with E-state index >= 15 is 0 Å². The van der Waals surface area contributed by atoms with Gasteiger partial charge in [0.1, 0.15) is 6.54 Å². The Bertz CT molecular complexity index is 392. The maximum absolute atomic E-state index is 11.7. The van der Waals surface area contributed by atoms with Crippen LogP contribution in [0.2, 0.25) is 0 Å². The number of piperidine rings is 1. The van der Waals surface area contributed by atoms with Crippen molar-refractivity contribution in [1.29, 1.82) is 0 Å². The smallest absolute Gasteiger partial charge is 0.243 e. The third-order valence-corrected chi connectivity index (χ3v) is 4.04. The molecule has 1 saturated heterocycles. The highest BCUT2D eigenvalue weighted by Crippen LogP contribution is 2.11. The molecule has 6 nitrogen and oxygen atoms in total. The molecule has 0 saturated carbocycles. The van der Waals surface area contributed by atoms with Gasteiger partial charge in [-0.25, -0.2) is 4.99 Å². The third kappa shape index (κ3) is 9.46. The van der Waals surface area contributed by atoms with E-state index < -0.39 is 0 Å². The van der Waals surface area contributed by atoms with Gasteiger partial charge in [0.15, 0.2) is 5.96 Å². The van der Waals surface area contributed by atoms with Crippen LogP contribution in [0.1, 0.15) is 32.6 Å². The number of aliphatic imine (C=N–C) groups is 1. The molecule has 0 atom stereocenters. The lowest BCUT2D eigenvalue weighted by atomic mass is 10.0. The Morgan fingerprint density at radius 1 is 1.38 bits per heavy atom. The number of nitrogens with one attached hydrogen (secondary N) is 2. The summed E-state index contributed by atoms with van der Waals surface area (Å²) < 4.78 is 0. The molecule has 0 aliphatic carbocycles. The minimum Gasteiger partial charge on any atom is -0.354 e. The van der Waals surface area contributed by atoms with Crippen LogP contribution in [0.15, 0.2) is 17.6 Å². The molecule has 0 aromatic rings. The van der Waals surface area contributed by atoms with E-state index in [1.54, 1.807) is 25.1 Å². The second-order valence-electron chi connectivity index (χ2n) is 6.24. The highest BCUT2D eigenvalue weighted by atomic mass is 127. The molecule has 1 aliphatic heterocycles. The number of unbranched alkanes of at least 4 members (excludes halogenated alkanes) is 1. The monoisotopic (exact) mass is 451 g/mol. The van der Waals surface area contributed by atoms with Crippen LogP contribution in [-0.4, -0.2) is 74.5 Å². The second-order valence-corrected chi connectivity index (χ2v) is 6.24.